The van der Waals surface area contributed by atoms with Crippen molar-refractivity contribution in [1.82, 2.24) is 4.90 Å². The molecular formula is C17H28N2. The molecule has 2 N–H and O–H groups in total. The highest BCUT2D eigenvalue weighted by Gasteiger charge is 2.22. The molecule has 0 unspecified atom stereocenters. The number of hydrogen-bond acceptors (Lipinski definition) is 2. The predicted octanol–water partition coefficient (Wildman–Crippen LogP) is 3.32. The van der Waals surface area contributed by atoms with Gasteiger partial charge in [0.15, 0.2) is 0 Å². The SMILES string of the molecule is Cc1cc(C)c(CN(CCN)C2CCCC2)c(C)c1. The van der Waals surface area contributed by atoms with Crippen LogP contribution in [-0.4, -0.2) is 24.0 Å². The molecule has 2 heteroatoms. The summed E-state index contributed by atoms with van der Waals surface area (Å²) in [5.74, 6) is 0. The predicted molar refractivity (Wildman–Crippen MR) is 82.4 cm³/mol. The molecule has 1 aliphatic carbocycles. The van der Waals surface area contributed by atoms with Gasteiger partial charge in [-0.3, -0.25) is 4.90 Å². The van der Waals surface area contributed by atoms with Crippen molar-refractivity contribution in [2.45, 2.75) is 59.0 Å². The summed E-state index contributed by atoms with van der Waals surface area (Å²) in [4.78, 5) is 2.61. The van der Waals surface area contributed by atoms with E-state index in [0.29, 0.717) is 0 Å². The fourth-order valence-corrected chi connectivity index (χ4v) is 3.49. The van der Waals surface area contributed by atoms with Gasteiger partial charge in [-0.15, -0.1) is 0 Å². The van der Waals surface area contributed by atoms with Crippen LogP contribution < -0.4 is 5.73 Å². The molecule has 0 bridgehead atoms. The first kappa shape index (κ1) is 14.5. The van der Waals surface area contributed by atoms with E-state index in [0.717, 1.165) is 25.7 Å². The number of nitrogens with two attached hydrogens (primary N) is 1. The number of benzene rings is 1. The summed E-state index contributed by atoms with van der Waals surface area (Å²) in [6, 6.07) is 5.36. The maximum atomic E-state index is 5.81. The Balaban J connectivity index is 2.16. The highest BCUT2D eigenvalue weighted by Crippen LogP contribution is 2.26. The van der Waals surface area contributed by atoms with Gasteiger partial charge in [-0.2, -0.15) is 0 Å². The van der Waals surface area contributed by atoms with Gasteiger partial charge in [0.25, 0.3) is 0 Å². The zero-order chi connectivity index (χ0) is 13.8. The average Bonchev–Trinajstić information content (AvgIpc) is 2.85. The van der Waals surface area contributed by atoms with Gasteiger partial charge < -0.3 is 5.73 Å². The summed E-state index contributed by atoms with van der Waals surface area (Å²) in [6.07, 6.45) is 5.48. The van der Waals surface area contributed by atoms with E-state index in [4.69, 9.17) is 5.73 Å². The van der Waals surface area contributed by atoms with Gasteiger partial charge in [-0.25, -0.2) is 0 Å². The highest BCUT2D eigenvalue weighted by atomic mass is 15.2. The first-order valence-electron chi connectivity index (χ1n) is 7.62. The van der Waals surface area contributed by atoms with E-state index in [1.807, 2.05) is 0 Å². The van der Waals surface area contributed by atoms with Crippen LogP contribution in [0.4, 0.5) is 0 Å². The van der Waals surface area contributed by atoms with Crippen LogP contribution in [0.2, 0.25) is 0 Å². The molecule has 0 radical (unpaired) electrons. The molecule has 2 rings (SSSR count). The fraction of sp³-hybridized carbons (Fsp3) is 0.647. The zero-order valence-electron chi connectivity index (χ0n) is 12.7. The molecule has 1 aliphatic rings. The zero-order valence-corrected chi connectivity index (χ0v) is 12.7. The van der Waals surface area contributed by atoms with Crippen LogP contribution in [0.25, 0.3) is 0 Å². The third-order valence-electron chi connectivity index (χ3n) is 4.46. The third kappa shape index (κ3) is 3.58. The second-order valence-corrected chi connectivity index (χ2v) is 6.07. The van der Waals surface area contributed by atoms with Crippen LogP contribution in [0, 0.1) is 20.8 Å². The van der Waals surface area contributed by atoms with Crippen molar-refractivity contribution >= 4 is 0 Å². The average molecular weight is 260 g/mol. The summed E-state index contributed by atoms with van der Waals surface area (Å²) in [7, 11) is 0. The van der Waals surface area contributed by atoms with Crippen LogP contribution in [-0.2, 0) is 6.54 Å². The molecule has 1 aromatic rings. The number of nitrogens with zero attached hydrogens (tertiary/aromatic N) is 1. The minimum Gasteiger partial charge on any atom is -0.329 e. The van der Waals surface area contributed by atoms with Crippen LogP contribution in [0.15, 0.2) is 12.1 Å². The molecule has 0 heterocycles. The molecular weight excluding hydrogens is 232 g/mol. The second kappa shape index (κ2) is 6.53. The van der Waals surface area contributed by atoms with Crippen LogP contribution in [0.5, 0.6) is 0 Å². The Kier molecular flexibility index (Phi) is 5.00. The lowest BCUT2D eigenvalue weighted by Gasteiger charge is -2.29. The van der Waals surface area contributed by atoms with E-state index in [-0.39, 0.29) is 0 Å². The second-order valence-electron chi connectivity index (χ2n) is 6.07. The lowest BCUT2D eigenvalue weighted by molar-refractivity contribution is 0.194. The third-order valence-corrected chi connectivity index (χ3v) is 4.46. The summed E-state index contributed by atoms with van der Waals surface area (Å²) in [5.41, 5.74) is 11.5. The van der Waals surface area contributed by atoms with E-state index in [9.17, 15) is 0 Å². The molecule has 2 nitrogen and oxygen atoms in total. The van der Waals surface area contributed by atoms with E-state index < -0.39 is 0 Å². The summed E-state index contributed by atoms with van der Waals surface area (Å²) in [6.45, 7) is 9.52. The maximum absolute atomic E-state index is 5.81. The molecule has 1 aromatic carbocycles. The first-order chi connectivity index (χ1) is 9.11. The number of aryl methyl sites for hydroxylation is 3. The molecule has 106 valence electrons. The molecule has 0 amide bonds. The normalized spacial score (nSPS) is 16.5. The van der Waals surface area contributed by atoms with Gasteiger partial charge in [-0.1, -0.05) is 30.5 Å². The Morgan fingerprint density at radius 1 is 1.11 bits per heavy atom. The van der Waals surface area contributed by atoms with Crippen molar-refractivity contribution in [2.75, 3.05) is 13.1 Å². The largest absolute Gasteiger partial charge is 0.329 e. The van der Waals surface area contributed by atoms with Crippen molar-refractivity contribution in [3.8, 4) is 0 Å². The fourth-order valence-electron chi connectivity index (χ4n) is 3.49. The van der Waals surface area contributed by atoms with Crippen molar-refractivity contribution in [3.63, 3.8) is 0 Å². The van der Waals surface area contributed by atoms with Crippen molar-refractivity contribution in [1.29, 1.82) is 0 Å². The monoisotopic (exact) mass is 260 g/mol. The van der Waals surface area contributed by atoms with Crippen molar-refractivity contribution < 1.29 is 0 Å². The van der Waals surface area contributed by atoms with Crippen LogP contribution >= 0.6 is 0 Å². The number of hydrogen-bond donors (Lipinski definition) is 1. The van der Waals surface area contributed by atoms with Gasteiger partial charge in [0.05, 0.1) is 0 Å². The topological polar surface area (TPSA) is 29.3 Å². The van der Waals surface area contributed by atoms with Gasteiger partial charge in [0, 0.05) is 25.7 Å². The smallest absolute Gasteiger partial charge is 0.0242 e. The number of rotatable bonds is 5. The Morgan fingerprint density at radius 2 is 1.68 bits per heavy atom. The highest BCUT2D eigenvalue weighted by molar-refractivity contribution is 5.37. The standard InChI is InChI=1S/C17H28N2/c1-13-10-14(2)17(15(3)11-13)12-19(9-8-18)16-6-4-5-7-16/h10-11,16H,4-9,12,18H2,1-3H3. The van der Waals surface area contributed by atoms with E-state index in [1.165, 1.54) is 47.9 Å². The van der Waals surface area contributed by atoms with Crippen molar-refractivity contribution in [3.05, 3.63) is 34.4 Å². The van der Waals surface area contributed by atoms with E-state index >= 15 is 0 Å². The van der Waals surface area contributed by atoms with Gasteiger partial charge in [0.2, 0.25) is 0 Å². The first-order valence-corrected chi connectivity index (χ1v) is 7.62. The summed E-state index contributed by atoms with van der Waals surface area (Å²) < 4.78 is 0. The quantitative estimate of drug-likeness (QED) is 0.880. The molecule has 0 spiro atoms. The molecule has 19 heavy (non-hydrogen) atoms. The van der Waals surface area contributed by atoms with Gasteiger partial charge >= 0.3 is 0 Å². The molecule has 1 saturated carbocycles. The van der Waals surface area contributed by atoms with Gasteiger partial charge in [-0.05, 0) is 50.3 Å². The molecule has 0 aliphatic heterocycles. The molecule has 0 aromatic heterocycles. The van der Waals surface area contributed by atoms with E-state index in [1.54, 1.807) is 0 Å². The Morgan fingerprint density at radius 3 is 2.21 bits per heavy atom. The lowest BCUT2D eigenvalue weighted by atomic mass is 9.98. The van der Waals surface area contributed by atoms with Crippen molar-refractivity contribution in [2.24, 2.45) is 5.73 Å². The Bertz CT molecular complexity index is 396. The molecule has 0 atom stereocenters. The van der Waals surface area contributed by atoms with E-state index in [2.05, 4.69) is 37.8 Å². The lowest BCUT2D eigenvalue weighted by Crippen LogP contribution is -2.37. The Labute approximate surface area is 118 Å². The summed E-state index contributed by atoms with van der Waals surface area (Å²) >= 11 is 0. The van der Waals surface area contributed by atoms with Gasteiger partial charge in [0.1, 0.15) is 0 Å². The summed E-state index contributed by atoms with van der Waals surface area (Å²) in [5, 5.41) is 0. The minimum atomic E-state index is 0.753. The molecule has 1 fully saturated rings. The van der Waals surface area contributed by atoms with Crippen LogP contribution in [0.1, 0.15) is 47.9 Å². The minimum absolute atomic E-state index is 0.753. The maximum Gasteiger partial charge on any atom is 0.0242 e. The molecule has 0 saturated heterocycles. The Hall–Kier alpha value is -0.860. The van der Waals surface area contributed by atoms with Crippen LogP contribution in [0.3, 0.4) is 0 Å².